The fourth-order valence-corrected chi connectivity index (χ4v) is 1.56. The Kier molecular flexibility index (Phi) is 1.88. The lowest BCUT2D eigenvalue weighted by Gasteiger charge is -2.03. The van der Waals surface area contributed by atoms with Crippen LogP contribution in [0.3, 0.4) is 0 Å². The van der Waals surface area contributed by atoms with E-state index in [-0.39, 0.29) is 24.2 Å². The summed E-state index contributed by atoms with van der Waals surface area (Å²) in [5.74, 6) is 0.0333. The van der Waals surface area contributed by atoms with Crippen LogP contribution >= 0.6 is 12.4 Å². The third-order valence-corrected chi connectivity index (χ3v) is 2.24. The third-order valence-electron chi connectivity index (χ3n) is 2.24. The van der Waals surface area contributed by atoms with Crippen molar-refractivity contribution in [3.63, 3.8) is 0 Å². The Morgan fingerprint density at radius 3 is 2.50 bits per heavy atom. The molecule has 0 aromatic rings. The Balaban J connectivity index is 0.000000500. The van der Waals surface area contributed by atoms with E-state index >= 15 is 0 Å². The number of halogens is 1. The van der Waals surface area contributed by atoms with E-state index in [2.05, 4.69) is 4.90 Å². The fourth-order valence-electron chi connectivity index (χ4n) is 1.56. The van der Waals surface area contributed by atoms with Gasteiger partial charge in [-0.1, -0.05) is 0 Å². The lowest BCUT2D eigenvalue weighted by molar-refractivity contribution is -0.121. The van der Waals surface area contributed by atoms with Gasteiger partial charge in [0, 0.05) is 19.1 Å². The number of piperidine rings is 1. The standard InChI is InChI=1S/C6H10N2O.ClH/c7-6(9)4-1-5-3-8(5)2-4;/h4-5H,1-3H2,(H2,7,9);1H. The average molecular weight is 163 g/mol. The van der Waals surface area contributed by atoms with Gasteiger partial charge >= 0.3 is 0 Å². The third kappa shape index (κ3) is 1.11. The monoisotopic (exact) mass is 162 g/mol. The van der Waals surface area contributed by atoms with Gasteiger partial charge in [-0.05, 0) is 6.42 Å². The highest BCUT2D eigenvalue weighted by atomic mass is 35.5. The molecule has 2 N–H and O–H groups in total. The first-order valence-corrected chi connectivity index (χ1v) is 3.31. The van der Waals surface area contributed by atoms with Gasteiger partial charge in [-0.2, -0.15) is 0 Å². The molecule has 3 atom stereocenters. The van der Waals surface area contributed by atoms with Gasteiger partial charge in [0.05, 0.1) is 5.92 Å². The molecule has 3 unspecified atom stereocenters. The zero-order chi connectivity index (χ0) is 6.43. The van der Waals surface area contributed by atoms with E-state index in [0.29, 0.717) is 6.04 Å². The molecule has 10 heavy (non-hydrogen) atoms. The van der Waals surface area contributed by atoms with Crippen molar-refractivity contribution >= 4 is 18.3 Å². The number of amides is 1. The summed E-state index contributed by atoms with van der Waals surface area (Å²) in [6, 6.07) is 0.711. The Labute approximate surface area is 66.0 Å². The summed E-state index contributed by atoms with van der Waals surface area (Å²) >= 11 is 0. The minimum absolute atomic E-state index is 0. The molecular formula is C6H11ClN2O. The van der Waals surface area contributed by atoms with Crippen LogP contribution in [-0.4, -0.2) is 29.9 Å². The van der Waals surface area contributed by atoms with Gasteiger partial charge in [-0.25, -0.2) is 0 Å². The highest BCUT2D eigenvalue weighted by molar-refractivity contribution is 5.85. The molecule has 0 spiro atoms. The van der Waals surface area contributed by atoms with E-state index < -0.39 is 0 Å². The van der Waals surface area contributed by atoms with Crippen LogP contribution in [0.2, 0.25) is 0 Å². The van der Waals surface area contributed by atoms with E-state index in [9.17, 15) is 4.79 Å². The number of nitrogens with two attached hydrogens (primary N) is 1. The normalized spacial score (nSPS) is 41.8. The van der Waals surface area contributed by atoms with Crippen molar-refractivity contribution in [2.45, 2.75) is 12.5 Å². The number of carbonyl (C=O) groups excluding carboxylic acids is 1. The number of hydrogen-bond donors (Lipinski definition) is 1. The first-order valence-electron chi connectivity index (χ1n) is 3.31. The van der Waals surface area contributed by atoms with Crippen molar-refractivity contribution in [1.82, 2.24) is 4.90 Å². The van der Waals surface area contributed by atoms with Gasteiger partial charge in [0.15, 0.2) is 0 Å². The predicted octanol–water partition coefficient (Wildman–Crippen LogP) is -0.402. The molecule has 4 heteroatoms. The molecule has 0 bridgehead atoms. The molecule has 0 saturated carbocycles. The van der Waals surface area contributed by atoms with Crippen LogP contribution in [0.1, 0.15) is 6.42 Å². The number of rotatable bonds is 1. The highest BCUT2D eigenvalue weighted by Crippen LogP contribution is 2.33. The molecule has 2 aliphatic rings. The lowest BCUT2D eigenvalue weighted by atomic mass is 10.1. The summed E-state index contributed by atoms with van der Waals surface area (Å²) in [7, 11) is 0. The number of nitrogens with zero attached hydrogens (tertiary/aromatic N) is 1. The van der Waals surface area contributed by atoms with Crippen molar-refractivity contribution in [2.24, 2.45) is 11.7 Å². The Morgan fingerprint density at radius 1 is 1.50 bits per heavy atom. The highest BCUT2D eigenvalue weighted by Gasteiger charge is 2.45. The first kappa shape index (κ1) is 7.82. The molecule has 1 amide bonds. The Morgan fingerprint density at radius 2 is 2.20 bits per heavy atom. The molecule has 2 saturated heterocycles. The van der Waals surface area contributed by atoms with Crippen molar-refractivity contribution in [2.75, 3.05) is 13.1 Å². The minimum Gasteiger partial charge on any atom is -0.369 e. The molecule has 2 heterocycles. The zero-order valence-corrected chi connectivity index (χ0v) is 6.43. The maximum atomic E-state index is 10.6. The van der Waals surface area contributed by atoms with Gasteiger partial charge in [0.25, 0.3) is 0 Å². The van der Waals surface area contributed by atoms with E-state index in [1.54, 1.807) is 0 Å². The summed E-state index contributed by atoms with van der Waals surface area (Å²) in [5, 5.41) is 0. The van der Waals surface area contributed by atoms with Crippen LogP contribution in [0.25, 0.3) is 0 Å². The maximum absolute atomic E-state index is 10.6. The molecule has 2 rings (SSSR count). The SMILES string of the molecule is Cl.NC(=O)C1CC2CN2C1. The topological polar surface area (TPSA) is 46.1 Å². The van der Waals surface area contributed by atoms with Crippen LogP contribution in [0.5, 0.6) is 0 Å². The van der Waals surface area contributed by atoms with E-state index in [1.807, 2.05) is 0 Å². The molecule has 0 aromatic carbocycles. The predicted molar refractivity (Wildman–Crippen MR) is 39.9 cm³/mol. The maximum Gasteiger partial charge on any atom is 0.221 e. The van der Waals surface area contributed by atoms with Crippen LogP contribution in [0.15, 0.2) is 0 Å². The lowest BCUT2D eigenvalue weighted by Crippen LogP contribution is -2.25. The van der Waals surface area contributed by atoms with Crippen molar-refractivity contribution in [3.8, 4) is 0 Å². The van der Waals surface area contributed by atoms with Gasteiger partial charge in [0.1, 0.15) is 0 Å². The summed E-state index contributed by atoms with van der Waals surface area (Å²) < 4.78 is 0. The van der Waals surface area contributed by atoms with E-state index in [1.165, 1.54) is 6.54 Å². The molecule has 2 fully saturated rings. The summed E-state index contributed by atoms with van der Waals surface area (Å²) in [6.45, 7) is 2.11. The van der Waals surface area contributed by atoms with Gasteiger partial charge in [-0.15, -0.1) is 12.4 Å². The minimum atomic E-state index is -0.123. The smallest absolute Gasteiger partial charge is 0.221 e. The van der Waals surface area contributed by atoms with Crippen LogP contribution in [-0.2, 0) is 4.79 Å². The first-order chi connectivity index (χ1) is 4.27. The molecular weight excluding hydrogens is 152 g/mol. The van der Waals surface area contributed by atoms with Gasteiger partial charge in [0.2, 0.25) is 5.91 Å². The summed E-state index contributed by atoms with van der Waals surface area (Å²) in [4.78, 5) is 12.9. The Bertz CT molecular complexity index is 152. The zero-order valence-electron chi connectivity index (χ0n) is 5.62. The van der Waals surface area contributed by atoms with Gasteiger partial charge < -0.3 is 5.73 Å². The van der Waals surface area contributed by atoms with Crippen LogP contribution in [0, 0.1) is 5.92 Å². The number of fused-ring (bicyclic) bond motifs is 1. The van der Waals surface area contributed by atoms with Crippen LogP contribution < -0.4 is 5.73 Å². The van der Waals surface area contributed by atoms with Crippen molar-refractivity contribution < 1.29 is 4.79 Å². The molecule has 0 aliphatic carbocycles. The largest absolute Gasteiger partial charge is 0.369 e. The molecule has 2 aliphatic heterocycles. The molecule has 3 nitrogen and oxygen atoms in total. The molecule has 0 aromatic heterocycles. The number of hydrogen-bond acceptors (Lipinski definition) is 2. The number of primary amides is 1. The molecule has 58 valence electrons. The average Bonchev–Trinajstić information content (AvgIpc) is 2.40. The van der Waals surface area contributed by atoms with Crippen molar-refractivity contribution in [3.05, 3.63) is 0 Å². The van der Waals surface area contributed by atoms with E-state index in [0.717, 1.165) is 13.0 Å². The van der Waals surface area contributed by atoms with Gasteiger partial charge in [-0.3, -0.25) is 9.69 Å². The fraction of sp³-hybridized carbons (Fsp3) is 0.833. The summed E-state index contributed by atoms with van der Waals surface area (Å²) in [5.41, 5.74) is 5.11. The quantitative estimate of drug-likeness (QED) is 0.534. The van der Waals surface area contributed by atoms with Crippen LogP contribution in [0.4, 0.5) is 0 Å². The second-order valence-corrected chi connectivity index (χ2v) is 2.94. The Hall–Kier alpha value is -0.280. The van der Waals surface area contributed by atoms with Crippen molar-refractivity contribution in [1.29, 1.82) is 0 Å². The van der Waals surface area contributed by atoms with E-state index in [4.69, 9.17) is 5.73 Å². The summed E-state index contributed by atoms with van der Waals surface area (Å²) in [6.07, 6.45) is 1.01. The second-order valence-electron chi connectivity index (χ2n) is 2.94. The second kappa shape index (κ2) is 2.40. The molecule has 0 radical (unpaired) electrons. The number of carbonyl (C=O) groups is 1.